The van der Waals surface area contributed by atoms with Crippen LogP contribution in [0.15, 0.2) is 36.5 Å². The van der Waals surface area contributed by atoms with E-state index in [-0.39, 0.29) is 5.69 Å². The molecular formula is C14H13NO3. The molecule has 4 nitrogen and oxygen atoms in total. The van der Waals surface area contributed by atoms with Crippen molar-refractivity contribution in [3.8, 4) is 16.9 Å². The largest absolute Gasteiger partial charge is 0.496 e. The van der Waals surface area contributed by atoms with Gasteiger partial charge in [0, 0.05) is 17.8 Å². The molecule has 0 atom stereocenters. The van der Waals surface area contributed by atoms with E-state index in [1.54, 1.807) is 0 Å². The number of carbonyl (C=O) groups is 1. The number of hydrogen-bond donors (Lipinski definition) is 1. The van der Waals surface area contributed by atoms with Crippen LogP contribution in [-0.2, 0) is 0 Å². The number of pyridine rings is 1. The topological polar surface area (TPSA) is 59.4 Å². The van der Waals surface area contributed by atoms with Crippen LogP contribution in [0.5, 0.6) is 5.75 Å². The summed E-state index contributed by atoms with van der Waals surface area (Å²) in [5.74, 6) is -0.558. The number of carboxylic acid groups (broad SMARTS) is 1. The number of benzene rings is 1. The summed E-state index contributed by atoms with van der Waals surface area (Å²) in [5.41, 5.74) is 2.84. The van der Waals surface area contributed by atoms with Crippen molar-refractivity contribution in [1.29, 1.82) is 0 Å². The lowest BCUT2D eigenvalue weighted by Gasteiger charge is -2.09. The van der Waals surface area contributed by atoms with Gasteiger partial charge in [0.2, 0.25) is 0 Å². The van der Waals surface area contributed by atoms with Crippen molar-refractivity contribution in [2.24, 2.45) is 0 Å². The number of aromatic nitrogens is 1. The van der Waals surface area contributed by atoms with Gasteiger partial charge in [-0.05, 0) is 12.5 Å². The summed E-state index contributed by atoms with van der Waals surface area (Å²) < 4.78 is 5.23. The Labute approximate surface area is 105 Å². The normalized spacial score (nSPS) is 10.1. The maximum atomic E-state index is 10.9. The first-order chi connectivity index (χ1) is 8.61. The quantitative estimate of drug-likeness (QED) is 0.900. The lowest BCUT2D eigenvalue weighted by molar-refractivity contribution is 0.0690. The molecule has 2 aromatic rings. The van der Waals surface area contributed by atoms with Crippen LogP contribution in [0.3, 0.4) is 0 Å². The van der Waals surface area contributed by atoms with E-state index < -0.39 is 5.97 Å². The molecule has 1 aromatic heterocycles. The lowest BCUT2D eigenvalue weighted by atomic mass is 10.0. The number of aryl methyl sites for hydroxylation is 1. The maximum absolute atomic E-state index is 10.9. The van der Waals surface area contributed by atoms with Crippen molar-refractivity contribution in [1.82, 2.24) is 4.98 Å². The van der Waals surface area contributed by atoms with Crippen LogP contribution in [0.2, 0.25) is 0 Å². The van der Waals surface area contributed by atoms with Gasteiger partial charge >= 0.3 is 5.97 Å². The number of hydrogen-bond acceptors (Lipinski definition) is 3. The van der Waals surface area contributed by atoms with E-state index >= 15 is 0 Å². The average Bonchev–Trinajstić information content (AvgIpc) is 2.37. The maximum Gasteiger partial charge on any atom is 0.354 e. The zero-order valence-corrected chi connectivity index (χ0v) is 10.2. The molecule has 0 amide bonds. The molecule has 0 unspecified atom stereocenters. The standard InChI is InChI=1S/C14H13NO3/c1-9-4-3-5-10(6-9)11-8-15-12(14(16)17)7-13(11)18-2/h3-8H,1-2H3,(H,16,17). The van der Waals surface area contributed by atoms with Gasteiger partial charge in [0.15, 0.2) is 5.69 Å². The Balaban J connectivity index is 2.54. The second-order valence-corrected chi connectivity index (χ2v) is 3.94. The SMILES string of the molecule is COc1cc(C(=O)O)ncc1-c1cccc(C)c1. The number of rotatable bonds is 3. The van der Waals surface area contributed by atoms with Gasteiger partial charge in [0.05, 0.1) is 7.11 Å². The number of methoxy groups -OCH3 is 1. The smallest absolute Gasteiger partial charge is 0.354 e. The Morgan fingerprint density at radius 3 is 2.72 bits per heavy atom. The van der Waals surface area contributed by atoms with E-state index in [1.807, 2.05) is 31.2 Å². The van der Waals surface area contributed by atoms with E-state index in [2.05, 4.69) is 4.98 Å². The predicted octanol–water partition coefficient (Wildman–Crippen LogP) is 2.76. The van der Waals surface area contributed by atoms with Crippen molar-refractivity contribution in [3.63, 3.8) is 0 Å². The molecular weight excluding hydrogens is 230 g/mol. The number of aromatic carboxylic acids is 1. The summed E-state index contributed by atoms with van der Waals surface area (Å²) >= 11 is 0. The fraction of sp³-hybridized carbons (Fsp3) is 0.143. The van der Waals surface area contributed by atoms with Crippen LogP contribution < -0.4 is 4.74 Å². The summed E-state index contributed by atoms with van der Waals surface area (Å²) in [5, 5.41) is 8.89. The molecule has 2 rings (SSSR count). The van der Waals surface area contributed by atoms with Crippen molar-refractivity contribution in [2.45, 2.75) is 6.92 Å². The minimum absolute atomic E-state index is 0.0248. The molecule has 1 heterocycles. The molecule has 0 radical (unpaired) electrons. The van der Waals surface area contributed by atoms with Crippen molar-refractivity contribution in [3.05, 3.63) is 47.8 Å². The second kappa shape index (κ2) is 4.87. The van der Waals surface area contributed by atoms with E-state index in [9.17, 15) is 4.79 Å². The zero-order chi connectivity index (χ0) is 13.1. The Hall–Kier alpha value is -2.36. The molecule has 0 fully saturated rings. The highest BCUT2D eigenvalue weighted by atomic mass is 16.5. The summed E-state index contributed by atoms with van der Waals surface area (Å²) in [4.78, 5) is 14.8. The fourth-order valence-electron chi connectivity index (χ4n) is 1.75. The lowest BCUT2D eigenvalue weighted by Crippen LogP contribution is -2.01. The highest BCUT2D eigenvalue weighted by Gasteiger charge is 2.11. The first-order valence-electron chi connectivity index (χ1n) is 5.46. The summed E-state index contributed by atoms with van der Waals surface area (Å²) in [6, 6.07) is 9.30. The van der Waals surface area contributed by atoms with E-state index in [0.717, 1.165) is 16.7 Å². The van der Waals surface area contributed by atoms with Gasteiger partial charge in [-0.1, -0.05) is 29.8 Å². The van der Waals surface area contributed by atoms with E-state index in [1.165, 1.54) is 19.4 Å². The molecule has 0 saturated carbocycles. The molecule has 0 aliphatic rings. The van der Waals surface area contributed by atoms with E-state index in [0.29, 0.717) is 5.75 Å². The van der Waals surface area contributed by atoms with Gasteiger partial charge in [-0.25, -0.2) is 9.78 Å². The molecule has 0 aliphatic heterocycles. The van der Waals surface area contributed by atoms with Gasteiger partial charge in [0.1, 0.15) is 5.75 Å². The number of nitrogens with zero attached hydrogens (tertiary/aromatic N) is 1. The highest BCUT2D eigenvalue weighted by molar-refractivity contribution is 5.87. The molecule has 0 aliphatic carbocycles. The molecule has 0 bridgehead atoms. The van der Waals surface area contributed by atoms with Crippen LogP contribution in [0.4, 0.5) is 0 Å². The third kappa shape index (κ3) is 2.32. The summed E-state index contributed by atoms with van der Waals surface area (Å²) in [6.45, 7) is 2.00. The zero-order valence-electron chi connectivity index (χ0n) is 10.2. The molecule has 92 valence electrons. The Kier molecular flexibility index (Phi) is 3.28. The molecule has 0 spiro atoms. The first kappa shape index (κ1) is 12.1. The first-order valence-corrected chi connectivity index (χ1v) is 5.46. The van der Waals surface area contributed by atoms with Crippen molar-refractivity contribution < 1.29 is 14.6 Å². The monoisotopic (exact) mass is 243 g/mol. The molecule has 4 heteroatoms. The van der Waals surface area contributed by atoms with Gasteiger partial charge in [0.25, 0.3) is 0 Å². The molecule has 18 heavy (non-hydrogen) atoms. The minimum atomic E-state index is -1.07. The van der Waals surface area contributed by atoms with Crippen LogP contribution in [0.25, 0.3) is 11.1 Å². The van der Waals surface area contributed by atoms with E-state index in [4.69, 9.17) is 9.84 Å². The third-order valence-electron chi connectivity index (χ3n) is 2.63. The Bertz CT molecular complexity index is 593. The second-order valence-electron chi connectivity index (χ2n) is 3.94. The molecule has 0 saturated heterocycles. The summed E-state index contributed by atoms with van der Waals surface area (Å²) in [7, 11) is 1.51. The van der Waals surface area contributed by atoms with Gasteiger partial charge in [-0.15, -0.1) is 0 Å². The van der Waals surface area contributed by atoms with Crippen molar-refractivity contribution >= 4 is 5.97 Å². The Morgan fingerprint density at radius 1 is 1.33 bits per heavy atom. The Morgan fingerprint density at radius 2 is 2.11 bits per heavy atom. The van der Waals surface area contributed by atoms with Crippen LogP contribution >= 0.6 is 0 Å². The fourth-order valence-corrected chi connectivity index (χ4v) is 1.75. The van der Waals surface area contributed by atoms with Crippen LogP contribution in [-0.4, -0.2) is 23.2 Å². The number of carboxylic acids is 1. The third-order valence-corrected chi connectivity index (χ3v) is 2.63. The predicted molar refractivity (Wildman–Crippen MR) is 67.9 cm³/mol. The highest BCUT2D eigenvalue weighted by Crippen LogP contribution is 2.30. The number of ether oxygens (including phenoxy) is 1. The molecule has 1 N–H and O–H groups in total. The van der Waals surface area contributed by atoms with Gasteiger partial charge in [-0.2, -0.15) is 0 Å². The van der Waals surface area contributed by atoms with Gasteiger partial charge < -0.3 is 9.84 Å². The van der Waals surface area contributed by atoms with Crippen molar-refractivity contribution in [2.75, 3.05) is 7.11 Å². The minimum Gasteiger partial charge on any atom is -0.496 e. The van der Waals surface area contributed by atoms with Crippen LogP contribution in [0, 0.1) is 6.92 Å². The summed E-state index contributed by atoms with van der Waals surface area (Å²) in [6.07, 6.45) is 1.52. The van der Waals surface area contributed by atoms with Gasteiger partial charge in [-0.3, -0.25) is 0 Å². The average molecular weight is 243 g/mol. The molecule has 1 aromatic carbocycles. The van der Waals surface area contributed by atoms with Crippen LogP contribution in [0.1, 0.15) is 16.1 Å².